The summed E-state index contributed by atoms with van der Waals surface area (Å²) in [4.78, 5) is 27.4. The van der Waals surface area contributed by atoms with Crippen molar-refractivity contribution in [1.82, 2.24) is 15.6 Å². The summed E-state index contributed by atoms with van der Waals surface area (Å²) >= 11 is 0. The highest BCUT2D eigenvalue weighted by Crippen LogP contribution is 2.08. The Kier molecular flexibility index (Phi) is 6.11. The van der Waals surface area contributed by atoms with Gasteiger partial charge in [0.25, 0.3) is 0 Å². The van der Waals surface area contributed by atoms with Crippen LogP contribution in [0.25, 0.3) is 0 Å². The van der Waals surface area contributed by atoms with E-state index in [0.29, 0.717) is 18.7 Å². The van der Waals surface area contributed by atoms with E-state index in [1.165, 1.54) is 0 Å². The molecule has 0 aliphatic heterocycles. The van der Waals surface area contributed by atoms with Crippen molar-refractivity contribution in [1.29, 1.82) is 0 Å². The molecule has 0 atom stereocenters. The van der Waals surface area contributed by atoms with Gasteiger partial charge >= 0.3 is 6.03 Å². The van der Waals surface area contributed by atoms with Gasteiger partial charge in [-0.15, -0.1) is 0 Å². The van der Waals surface area contributed by atoms with Crippen molar-refractivity contribution in [2.45, 2.75) is 13.3 Å². The van der Waals surface area contributed by atoms with Gasteiger partial charge in [-0.1, -0.05) is 18.2 Å². The maximum atomic E-state index is 11.7. The monoisotopic (exact) mass is 312 g/mol. The third-order valence-electron chi connectivity index (χ3n) is 3.14. The van der Waals surface area contributed by atoms with E-state index >= 15 is 0 Å². The van der Waals surface area contributed by atoms with E-state index in [1.807, 2.05) is 37.3 Å². The van der Waals surface area contributed by atoms with Crippen molar-refractivity contribution < 1.29 is 9.59 Å². The molecule has 0 aliphatic carbocycles. The van der Waals surface area contributed by atoms with E-state index in [2.05, 4.69) is 20.9 Å². The van der Waals surface area contributed by atoms with Gasteiger partial charge in [0, 0.05) is 24.6 Å². The Morgan fingerprint density at radius 2 is 2.00 bits per heavy atom. The van der Waals surface area contributed by atoms with Crippen LogP contribution in [0.1, 0.15) is 11.1 Å². The fourth-order valence-electron chi connectivity index (χ4n) is 2.01. The highest BCUT2D eigenvalue weighted by atomic mass is 16.2. The molecule has 3 amide bonds. The minimum Gasteiger partial charge on any atom is -0.354 e. The van der Waals surface area contributed by atoms with E-state index in [1.54, 1.807) is 18.5 Å². The Bertz CT molecular complexity index is 659. The van der Waals surface area contributed by atoms with Crippen LogP contribution in [0.15, 0.2) is 48.8 Å². The summed E-state index contributed by atoms with van der Waals surface area (Å²) in [6.45, 7) is 2.38. The second-order valence-corrected chi connectivity index (χ2v) is 5.14. The molecule has 0 spiro atoms. The molecule has 1 aromatic heterocycles. The Labute approximate surface area is 135 Å². The maximum absolute atomic E-state index is 11.7. The molecular weight excluding hydrogens is 292 g/mol. The number of benzene rings is 1. The van der Waals surface area contributed by atoms with E-state index < -0.39 is 6.03 Å². The fourth-order valence-corrected chi connectivity index (χ4v) is 2.01. The molecule has 6 heteroatoms. The molecule has 0 radical (unpaired) electrons. The largest absolute Gasteiger partial charge is 0.354 e. The van der Waals surface area contributed by atoms with Crippen LogP contribution in [0.3, 0.4) is 0 Å². The van der Waals surface area contributed by atoms with Gasteiger partial charge in [-0.25, -0.2) is 4.79 Å². The second kappa shape index (κ2) is 8.53. The number of anilines is 1. The fraction of sp³-hybridized carbons (Fsp3) is 0.235. The number of aromatic nitrogens is 1. The Morgan fingerprint density at radius 1 is 1.13 bits per heavy atom. The van der Waals surface area contributed by atoms with Crippen LogP contribution in [-0.4, -0.2) is 30.0 Å². The first-order chi connectivity index (χ1) is 11.1. The molecule has 6 nitrogen and oxygen atoms in total. The molecule has 0 saturated carbocycles. The lowest BCUT2D eigenvalue weighted by molar-refractivity contribution is -0.120. The third-order valence-corrected chi connectivity index (χ3v) is 3.14. The Morgan fingerprint density at radius 3 is 2.74 bits per heavy atom. The van der Waals surface area contributed by atoms with Crippen molar-refractivity contribution in [2.75, 3.05) is 18.4 Å². The van der Waals surface area contributed by atoms with Gasteiger partial charge in [-0.2, -0.15) is 0 Å². The number of carbonyl (C=O) groups excluding carboxylic acids is 2. The zero-order valence-corrected chi connectivity index (χ0v) is 13.0. The lowest BCUT2D eigenvalue weighted by Crippen LogP contribution is -2.39. The van der Waals surface area contributed by atoms with Gasteiger partial charge in [0.2, 0.25) is 5.91 Å². The topological polar surface area (TPSA) is 83.1 Å². The molecule has 2 rings (SSSR count). The SMILES string of the molecule is Cc1cccc(NC(=O)NCC(=O)NCCc2cccnc2)c1. The summed E-state index contributed by atoms with van der Waals surface area (Å²) in [5, 5.41) is 7.96. The van der Waals surface area contributed by atoms with Gasteiger partial charge in [-0.05, 0) is 42.7 Å². The number of rotatable bonds is 6. The molecule has 1 heterocycles. The number of nitrogens with zero attached hydrogens (tertiary/aromatic N) is 1. The zero-order chi connectivity index (χ0) is 16.5. The second-order valence-electron chi connectivity index (χ2n) is 5.14. The smallest absolute Gasteiger partial charge is 0.319 e. The average molecular weight is 312 g/mol. The minimum absolute atomic E-state index is 0.0648. The van der Waals surface area contributed by atoms with Crippen molar-refractivity contribution in [2.24, 2.45) is 0 Å². The molecule has 1 aromatic carbocycles. The first kappa shape index (κ1) is 16.5. The van der Waals surface area contributed by atoms with Crippen LogP contribution in [0.2, 0.25) is 0 Å². The van der Waals surface area contributed by atoms with E-state index in [-0.39, 0.29) is 12.5 Å². The average Bonchev–Trinajstić information content (AvgIpc) is 2.54. The van der Waals surface area contributed by atoms with Crippen molar-refractivity contribution >= 4 is 17.6 Å². The zero-order valence-electron chi connectivity index (χ0n) is 13.0. The third kappa shape index (κ3) is 6.17. The van der Waals surface area contributed by atoms with E-state index in [0.717, 1.165) is 11.1 Å². The molecule has 3 N–H and O–H groups in total. The van der Waals surface area contributed by atoms with Crippen LogP contribution < -0.4 is 16.0 Å². The number of urea groups is 1. The molecule has 0 unspecified atom stereocenters. The van der Waals surface area contributed by atoms with Gasteiger partial charge in [0.1, 0.15) is 0 Å². The number of nitrogens with one attached hydrogen (secondary N) is 3. The Hall–Kier alpha value is -2.89. The number of hydrogen-bond donors (Lipinski definition) is 3. The standard InChI is InChI=1S/C17H20N4O2/c1-13-4-2-6-15(10-13)21-17(23)20-12-16(22)19-9-7-14-5-3-8-18-11-14/h2-6,8,10-11H,7,9,12H2,1H3,(H,19,22)(H2,20,21,23). The highest BCUT2D eigenvalue weighted by Gasteiger charge is 2.05. The summed E-state index contributed by atoms with van der Waals surface area (Å²) in [7, 11) is 0. The van der Waals surface area contributed by atoms with Gasteiger partial charge in [-0.3, -0.25) is 9.78 Å². The van der Waals surface area contributed by atoms with E-state index in [9.17, 15) is 9.59 Å². The molecule has 2 aromatic rings. The predicted molar refractivity (Wildman–Crippen MR) is 89.2 cm³/mol. The predicted octanol–water partition coefficient (Wildman–Crippen LogP) is 1.87. The quantitative estimate of drug-likeness (QED) is 0.761. The number of carbonyl (C=O) groups is 2. The summed E-state index contributed by atoms with van der Waals surface area (Å²) in [6.07, 6.45) is 4.17. The van der Waals surface area contributed by atoms with Gasteiger partial charge in [0.15, 0.2) is 0 Å². The number of amides is 3. The first-order valence-corrected chi connectivity index (χ1v) is 7.40. The number of pyridine rings is 1. The molecule has 0 aliphatic rings. The summed E-state index contributed by atoms with van der Waals surface area (Å²) < 4.78 is 0. The number of hydrogen-bond acceptors (Lipinski definition) is 3. The van der Waals surface area contributed by atoms with E-state index in [4.69, 9.17) is 0 Å². The van der Waals surface area contributed by atoms with Crippen molar-refractivity contribution in [3.8, 4) is 0 Å². The van der Waals surface area contributed by atoms with Crippen LogP contribution >= 0.6 is 0 Å². The van der Waals surface area contributed by atoms with Crippen molar-refractivity contribution in [3.05, 3.63) is 59.9 Å². The Balaban J connectivity index is 1.65. The lowest BCUT2D eigenvalue weighted by atomic mass is 10.2. The normalized spacial score (nSPS) is 9.96. The molecular formula is C17H20N4O2. The molecule has 0 bridgehead atoms. The van der Waals surface area contributed by atoms with Gasteiger partial charge < -0.3 is 16.0 Å². The van der Waals surface area contributed by atoms with Crippen LogP contribution in [-0.2, 0) is 11.2 Å². The van der Waals surface area contributed by atoms with Crippen LogP contribution in [0.5, 0.6) is 0 Å². The van der Waals surface area contributed by atoms with Crippen LogP contribution in [0.4, 0.5) is 10.5 Å². The molecule has 0 saturated heterocycles. The molecule has 120 valence electrons. The molecule has 23 heavy (non-hydrogen) atoms. The summed E-state index contributed by atoms with van der Waals surface area (Å²) in [5.41, 5.74) is 2.80. The summed E-state index contributed by atoms with van der Waals surface area (Å²) in [6, 6.07) is 10.8. The lowest BCUT2D eigenvalue weighted by Gasteiger charge is -2.09. The summed E-state index contributed by atoms with van der Waals surface area (Å²) in [5.74, 6) is -0.228. The van der Waals surface area contributed by atoms with Crippen molar-refractivity contribution in [3.63, 3.8) is 0 Å². The molecule has 0 fully saturated rings. The van der Waals surface area contributed by atoms with Gasteiger partial charge in [0.05, 0.1) is 6.54 Å². The van der Waals surface area contributed by atoms with Crippen LogP contribution in [0, 0.1) is 6.92 Å². The maximum Gasteiger partial charge on any atom is 0.319 e. The number of aryl methyl sites for hydroxylation is 1. The first-order valence-electron chi connectivity index (χ1n) is 7.40. The minimum atomic E-state index is -0.405. The highest BCUT2D eigenvalue weighted by molar-refractivity contribution is 5.92.